The minimum absolute atomic E-state index is 0.0257. The number of carbonyl (C=O) groups excluding carboxylic acids is 2. The summed E-state index contributed by atoms with van der Waals surface area (Å²) in [7, 11) is -1.46. The minimum Gasteiger partial charge on any atom is -0.493 e. The van der Waals surface area contributed by atoms with Crippen molar-refractivity contribution in [1.82, 2.24) is 10.2 Å². The Bertz CT molecular complexity index is 1800. The van der Waals surface area contributed by atoms with E-state index in [2.05, 4.69) is 5.32 Å². The molecular formula is C37H42ClN3O6S. The van der Waals surface area contributed by atoms with Gasteiger partial charge in [0, 0.05) is 30.1 Å². The lowest BCUT2D eigenvalue weighted by molar-refractivity contribution is -0.140. The average molecular weight is 692 g/mol. The number of hydrogen-bond donors (Lipinski definition) is 1. The first-order valence-corrected chi connectivity index (χ1v) is 17.5. The number of nitrogens with zero attached hydrogens (tertiary/aromatic N) is 2. The van der Waals surface area contributed by atoms with Crippen LogP contribution in [-0.4, -0.2) is 58.0 Å². The number of aryl methyl sites for hydroxylation is 1. The van der Waals surface area contributed by atoms with Gasteiger partial charge in [-0.3, -0.25) is 13.9 Å². The number of methoxy groups -OCH3 is 2. The molecule has 1 N–H and O–H groups in total. The van der Waals surface area contributed by atoms with Crippen molar-refractivity contribution < 1.29 is 27.5 Å². The standard InChI is InChI=1S/C37H42ClN3O6S/c1-6-27(3)39-37(43)33(22-28-12-8-7-9-13-28)40(24-29-14-10-11-15-32(29)38)36(42)25-41(30-18-16-26(2)17-19-30)48(44,45)31-20-21-34(46-4)35(23-31)47-5/h7-21,23,27,33H,6,22,24-25H2,1-5H3,(H,39,43)/t27-,33+/m1/s1. The molecule has 0 unspecified atom stereocenters. The summed E-state index contributed by atoms with van der Waals surface area (Å²) in [6, 6.07) is 26.5. The Kier molecular flexibility index (Phi) is 12.5. The highest BCUT2D eigenvalue weighted by Crippen LogP contribution is 2.33. The van der Waals surface area contributed by atoms with E-state index in [-0.39, 0.29) is 41.2 Å². The van der Waals surface area contributed by atoms with Gasteiger partial charge in [0.1, 0.15) is 12.6 Å². The fourth-order valence-electron chi connectivity index (χ4n) is 5.15. The molecule has 48 heavy (non-hydrogen) atoms. The second kappa shape index (κ2) is 16.5. The van der Waals surface area contributed by atoms with E-state index in [1.807, 2.05) is 51.1 Å². The van der Waals surface area contributed by atoms with E-state index in [1.165, 1.54) is 37.3 Å². The third-order valence-corrected chi connectivity index (χ3v) is 10.3. The summed E-state index contributed by atoms with van der Waals surface area (Å²) in [5.74, 6) is -0.354. The summed E-state index contributed by atoms with van der Waals surface area (Å²) in [5.41, 5.74) is 2.65. The third kappa shape index (κ3) is 8.87. The molecule has 0 saturated carbocycles. The number of nitrogens with one attached hydrogen (secondary N) is 1. The van der Waals surface area contributed by atoms with Crippen LogP contribution in [-0.2, 0) is 32.6 Å². The van der Waals surface area contributed by atoms with Crippen LogP contribution in [0.3, 0.4) is 0 Å². The molecule has 0 heterocycles. The summed E-state index contributed by atoms with van der Waals surface area (Å²) < 4.78 is 40.5. The van der Waals surface area contributed by atoms with Crippen LogP contribution < -0.4 is 19.1 Å². The number of anilines is 1. The smallest absolute Gasteiger partial charge is 0.264 e. The van der Waals surface area contributed by atoms with E-state index in [4.69, 9.17) is 21.1 Å². The van der Waals surface area contributed by atoms with Crippen LogP contribution in [0.25, 0.3) is 0 Å². The SMILES string of the molecule is CC[C@@H](C)NC(=O)[C@H](Cc1ccccc1)N(Cc1ccccc1Cl)C(=O)CN(c1ccc(C)cc1)S(=O)(=O)c1ccc(OC)c(OC)c1. The Hall–Kier alpha value is -4.54. The first kappa shape index (κ1) is 36.3. The van der Waals surface area contributed by atoms with Crippen molar-refractivity contribution in [2.45, 2.75) is 57.1 Å². The first-order valence-electron chi connectivity index (χ1n) is 15.7. The number of amides is 2. The molecule has 4 aromatic rings. The molecule has 11 heteroatoms. The number of sulfonamides is 1. The van der Waals surface area contributed by atoms with Gasteiger partial charge in [-0.15, -0.1) is 0 Å². The molecule has 0 saturated heterocycles. The Morgan fingerprint density at radius 3 is 2.15 bits per heavy atom. The molecular weight excluding hydrogens is 650 g/mol. The van der Waals surface area contributed by atoms with Gasteiger partial charge in [-0.2, -0.15) is 0 Å². The summed E-state index contributed by atoms with van der Waals surface area (Å²) >= 11 is 6.58. The zero-order valence-electron chi connectivity index (χ0n) is 27.9. The highest BCUT2D eigenvalue weighted by Gasteiger charge is 2.35. The molecule has 0 aliphatic rings. The summed E-state index contributed by atoms with van der Waals surface area (Å²) in [6.07, 6.45) is 0.888. The van der Waals surface area contributed by atoms with Gasteiger partial charge >= 0.3 is 0 Å². The molecule has 4 aromatic carbocycles. The van der Waals surface area contributed by atoms with E-state index >= 15 is 0 Å². The van der Waals surface area contributed by atoms with Crippen LogP contribution in [0.4, 0.5) is 5.69 Å². The predicted octanol–water partition coefficient (Wildman–Crippen LogP) is 6.42. The van der Waals surface area contributed by atoms with Crippen molar-refractivity contribution in [2.24, 2.45) is 0 Å². The highest BCUT2D eigenvalue weighted by molar-refractivity contribution is 7.92. The van der Waals surface area contributed by atoms with Gasteiger partial charge < -0.3 is 19.7 Å². The maximum atomic E-state index is 14.7. The lowest BCUT2D eigenvalue weighted by Crippen LogP contribution is -2.54. The molecule has 0 spiro atoms. The Morgan fingerprint density at radius 1 is 0.875 bits per heavy atom. The van der Waals surface area contributed by atoms with E-state index in [1.54, 1.807) is 48.5 Å². The number of benzene rings is 4. The fraction of sp³-hybridized carbons (Fsp3) is 0.297. The molecule has 0 aromatic heterocycles. The van der Waals surface area contributed by atoms with E-state index < -0.39 is 28.5 Å². The molecule has 0 radical (unpaired) electrons. The van der Waals surface area contributed by atoms with E-state index in [0.29, 0.717) is 22.8 Å². The van der Waals surface area contributed by atoms with Gasteiger partial charge in [-0.1, -0.05) is 84.8 Å². The van der Waals surface area contributed by atoms with Crippen LogP contribution in [0.5, 0.6) is 11.5 Å². The van der Waals surface area contributed by atoms with Crippen LogP contribution in [0, 0.1) is 6.92 Å². The summed E-state index contributed by atoms with van der Waals surface area (Å²) in [5, 5.41) is 3.45. The van der Waals surface area contributed by atoms with Gasteiger partial charge in [0.15, 0.2) is 11.5 Å². The molecule has 0 bridgehead atoms. The molecule has 2 amide bonds. The van der Waals surface area contributed by atoms with E-state index in [9.17, 15) is 18.0 Å². The molecule has 254 valence electrons. The Labute approximate surface area is 288 Å². The van der Waals surface area contributed by atoms with Crippen molar-refractivity contribution in [3.8, 4) is 11.5 Å². The van der Waals surface area contributed by atoms with Gasteiger partial charge in [-0.25, -0.2) is 8.42 Å². The number of halogens is 1. The normalized spacial score (nSPS) is 12.5. The Balaban J connectivity index is 1.84. The van der Waals surface area contributed by atoms with Crippen LogP contribution in [0.1, 0.15) is 37.0 Å². The largest absolute Gasteiger partial charge is 0.493 e. The molecule has 2 atom stereocenters. The van der Waals surface area contributed by atoms with Crippen molar-refractivity contribution >= 4 is 39.1 Å². The average Bonchev–Trinajstić information content (AvgIpc) is 3.09. The lowest BCUT2D eigenvalue weighted by Gasteiger charge is -2.34. The minimum atomic E-state index is -4.34. The van der Waals surface area contributed by atoms with Crippen molar-refractivity contribution in [2.75, 3.05) is 25.1 Å². The lowest BCUT2D eigenvalue weighted by atomic mass is 10.0. The fourth-order valence-corrected chi connectivity index (χ4v) is 6.77. The number of hydrogen-bond acceptors (Lipinski definition) is 6. The topological polar surface area (TPSA) is 105 Å². The zero-order valence-corrected chi connectivity index (χ0v) is 29.4. The Morgan fingerprint density at radius 2 is 1.52 bits per heavy atom. The number of carbonyl (C=O) groups is 2. The first-order chi connectivity index (χ1) is 23.0. The molecule has 0 aliphatic heterocycles. The quantitative estimate of drug-likeness (QED) is 0.154. The number of rotatable bonds is 15. The second-order valence-electron chi connectivity index (χ2n) is 11.5. The highest BCUT2D eigenvalue weighted by atomic mass is 35.5. The van der Waals surface area contributed by atoms with Crippen molar-refractivity contribution in [3.05, 3.63) is 119 Å². The maximum absolute atomic E-state index is 14.7. The van der Waals surface area contributed by atoms with E-state index in [0.717, 1.165) is 15.4 Å². The summed E-state index contributed by atoms with van der Waals surface area (Å²) in [4.78, 5) is 30.0. The molecule has 4 rings (SSSR count). The van der Waals surface area contributed by atoms with Crippen molar-refractivity contribution in [3.63, 3.8) is 0 Å². The maximum Gasteiger partial charge on any atom is 0.264 e. The van der Waals surface area contributed by atoms with Crippen LogP contribution >= 0.6 is 11.6 Å². The second-order valence-corrected chi connectivity index (χ2v) is 13.8. The van der Waals surface area contributed by atoms with Crippen LogP contribution in [0.15, 0.2) is 102 Å². The van der Waals surface area contributed by atoms with Gasteiger partial charge in [0.25, 0.3) is 10.0 Å². The summed E-state index contributed by atoms with van der Waals surface area (Å²) in [6.45, 7) is 5.13. The monoisotopic (exact) mass is 691 g/mol. The predicted molar refractivity (Wildman–Crippen MR) is 189 cm³/mol. The van der Waals surface area contributed by atoms with Crippen LogP contribution in [0.2, 0.25) is 5.02 Å². The third-order valence-electron chi connectivity index (χ3n) is 8.11. The molecule has 0 fully saturated rings. The van der Waals surface area contributed by atoms with Crippen molar-refractivity contribution in [1.29, 1.82) is 0 Å². The molecule has 9 nitrogen and oxygen atoms in total. The van der Waals surface area contributed by atoms with Gasteiger partial charge in [0.2, 0.25) is 11.8 Å². The van der Waals surface area contributed by atoms with Gasteiger partial charge in [-0.05, 0) is 61.7 Å². The zero-order chi connectivity index (χ0) is 34.8. The number of ether oxygens (including phenoxy) is 2. The molecule has 0 aliphatic carbocycles. The van der Waals surface area contributed by atoms with Gasteiger partial charge in [0.05, 0.1) is 24.8 Å².